The van der Waals surface area contributed by atoms with Crippen LogP contribution < -0.4 is 5.32 Å². The molecule has 4 rings (SSSR count). The van der Waals surface area contributed by atoms with Crippen LogP contribution in [0.5, 0.6) is 0 Å². The Morgan fingerprint density at radius 1 is 1.03 bits per heavy atom. The van der Waals surface area contributed by atoms with E-state index in [9.17, 15) is 27.2 Å². The Balaban J connectivity index is 0.000000344. The summed E-state index contributed by atoms with van der Waals surface area (Å²) in [5, 5.41) is 6.09. The van der Waals surface area contributed by atoms with Gasteiger partial charge in [-0.05, 0) is 50.1 Å². The van der Waals surface area contributed by atoms with Crippen LogP contribution in [0.1, 0.15) is 45.1 Å². The predicted octanol–water partition coefficient (Wildman–Crippen LogP) is 5.60. The summed E-state index contributed by atoms with van der Waals surface area (Å²) in [6, 6.07) is 9.50. The van der Waals surface area contributed by atoms with Gasteiger partial charge < -0.3 is 14.7 Å². The third-order valence-electron chi connectivity index (χ3n) is 4.72. The molecular weight excluding hydrogens is 478 g/mol. The number of benzene rings is 2. The Morgan fingerprint density at radius 2 is 1.64 bits per heavy atom. The Morgan fingerprint density at radius 3 is 2.17 bits per heavy atom. The van der Waals surface area contributed by atoms with Crippen molar-refractivity contribution in [1.82, 2.24) is 15.4 Å². The number of nitrogens with one attached hydrogen (secondary N) is 1. The first-order valence-electron chi connectivity index (χ1n) is 11.3. The molecule has 1 aliphatic rings. The summed E-state index contributed by atoms with van der Waals surface area (Å²) >= 11 is 0. The average Bonchev–Trinajstić information content (AvgIpc) is 3.19. The molecule has 194 valence electrons. The summed E-state index contributed by atoms with van der Waals surface area (Å²) < 4.78 is 57.6. The number of hydrogen-bond acceptors (Lipinski definition) is 4. The first-order valence-corrected chi connectivity index (χ1v) is 11.3. The Labute approximate surface area is 207 Å². The van der Waals surface area contributed by atoms with Crippen molar-refractivity contribution in [3.8, 4) is 11.3 Å². The van der Waals surface area contributed by atoms with Gasteiger partial charge in [0.15, 0.2) is 11.6 Å². The molecule has 0 bridgehead atoms. The van der Waals surface area contributed by atoms with Crippen molar-refractivity contribution in [1.29, 1.82) is 0 Å². The van der Waals surface area contributed by atoms with Crippen molar-refractivity contribution in [2.24, 2.45) is 5.92 Å². The number of carbonyl (C=O) groups excluding carboxylic acids is 2. The molecule has 0 radical (unpaired) electrons. The molecule has 1 aromatic heterocycles. The van der Waals surface area contributed by atoms with Crippen LogP contribution in [0.3, 0.4) is 0 Å². The lowest BCUT2D eigenvalue weighted by Gasteiger charge is -2.35. The molecule has 2 atom stereocenters. The molecule has 2 amide bonds. The predicted molar refractivity (Wildman–Crippen MR) is 127 cm³/mol. The topological polar surface area (TPSA) is 75.4 Å². The van der Waals surface area contributed by atoms with Crippen LogP contribution in [-0.2, 0) is 4.79 Å². The molecule has 2 aromatic carbocycles. The summed E-state index contributed by atoms with van der Waals surface area (Å²) in [5.74, 6) is -4.38. The van der Waals surface area contributed by atoms with E-state index in [4.69, 9.17) is 4.52 Å². The molecule has 10 heteroatoms. The number of halogens is 4. The highest BCUT2D eigenvalue weighted by Crippen LogP contribution is 2.27. The minimum atomic E-state index is -1.18. The second kappa shape index (κ2) is 12.9. The van der Waals surface area contributed by atoms with E-state index in [-0.39, 0.29) is 29.9 Å². The molecule has 36 heavy (non-hydrogen) atoms. The molecule has 3 aromatic rings. The van der Waals surface area contributed by atoms with Gasteiger partial charge in [-0.2, -0.15) is 4.39 Å². The maximum absolute atomic E-state index is 14.6. The second-order valence-electron chi connectivity index (χ2n) is 8.87. The van der Waals surface area contributed by atoms with Gasteiger partial charge in [-0.15, -0.1) is 0 Å². The minimum absolute atomic E-state index is 0.0965. The van der Waals surface area contributed by atoms with Crippen LogP contribution in [0.15, 0.2) is 53.1 Å². The van der Waals surface area contributed by atoms with Crippen molar-refractivity contribution in [3.05, 3.63) is 77.5 Å². The van der Waals surface area contributed by atoms with Crippen LogP contribution in [0, 0.1) is 29.2 Å². The van der Waals surface area contributed by atoms with Gasteiger partial charge in [0.1, 0.15) is 11.9 Å². The van der Waals surface area contributed by atoms with Gasteiger partial charge in [0.2, 0.25) is 23.2 Å². The number of hydrogen-bond donors (Lipinski definition) is 1. The highest BCUT2D eigenvalue weighted by atomic mass is 19.2. The number of carbonyl (C=O) groups is 2. The first-order chi connectivity index (χ1) is 16.9. The SMILES string of the molecule is CC(C)C.CC1CN(C(=O)c2noc(-c3ccc(F)c(F)c3)c2F)C(C)C(=O)N1.Fc1ccccc1. The van der Waals surface area contributed by atoms with Gasteiger partial charge >= 0.3 is 0 Å². The molecule has 1 fully saturated rings. The largest absolute Gasteiger partial charge is 0.352 e. The van der Waals surface area contributed by atoms with Crippen LogP contribution in [0.2, 0.25) is 0 Å². The van der Waals surface area contributed by atoms with Crippen LogP contribution >= 0.6 is 0 Å². The van der Waals surface area contributed by atoms with Crippen molar-refractivity contribution in [2.45, 2.75) is 46.7 Å². The van der Waals surface area contributed by atoms with E-state index >= 15 is 0 Å². The number of piperazine rings is 1. The van der Waals surface area contributed by atoms with Crippen LogP contribution in [-0.4, -0.2) is 40.5 Å². The Kier molecular flexibility index (Phi) is 10.2. The number of rotatable bonds is 2. The lowest BCUT2D eigenvalue weighted by molar-refractivity contribution is -0.128. The van der Waals surface area contributed by atoms with E-state index in [0.717, 1.165) is 24.1 Å². The second-order valence-corrected chi connectivity index (χ2v) is 8.87. The Hall–Kier alpha value is -3.69. The third-order valence-corrected chi connectivity index (χ3v) is 4.72. The summed E-state index contributed by atoms with van der Waals surface area (Å²) in [6.45, 7) is 9.89. The number of nitrogens with zero attached hydrogens (tertiary/aromatic N) is 2. The molecule has 1 aliphatic heterocycles. The van der Waals surface area contributed by atoms with Gasteiger partial charge in [0, 0.05) is 18.2 Å². The molecule has 2 unspecified atom stereocenters. The van der Waals surface area contributed by atoms with Crippen molar-refractivity contribution in [2.75, 3.05) is 6.54 Å². The number of aromatic nitrogens is 1. The summed E-state index contributed by atoms with van der Waals surface area (Å²) in [7, 11) is 0. The fraction of sp³-hybridized carbons (Fsp3) is 0.346. The van der Waals surface area contributed by atoms with Crippen LogP contribution in [0.4, 0.5) is 17.6 Å². The van der Waals surface area contributed by atoms with Gasteiger partial charge in [0.05, 0.1) is 0 Å². The highest BCUT2D eigenvalue weighted by Gasteiger charge is 2.36. The van der Waals surface area contributed by atoms with E-state index in [1.165, 1.54) is 24.0 Å². The molecule has 0 spiro atoms. The van der Waals surface area contributed by atoms with E-state index in [0.29, 0.717) is 0 Å². The molecule has 1 N–H and O–H groups in total. The molecule has 1 saturated heterocycles. The molecule has 0 aliphatic carbocycles. The maximum atomic E-state index is 14.6. The zero-order valence-corrected chi connectivity index (χ0v) is 20.7. The van der Waals surface area contributed by atoms with Gasteiger partial charge in [0.25, 0.3) is 5.91 Å². The summed E-state index contributed by atoms with van der Waals surface area (Å²) in [4.78, 5) is 25.5. The minimum Gasteiger partial charge on any atom is -0.352 e. The van der Waals surface area contributed by atoms with E-state index in [1.807, 2.05) is 0 Å². The van der Waals surface area contributed by atoms with E-state index < -0.39 is 40.9 Å². The number of amides is 2. The van der Waals surface area contributed by atoms with E-state index in [1.54, 1.807) is 25.1 Å². The van der Waals surface area contributed by atoms with Gasteiger partial charge in [-0.3, -0.25) is 9.59 Å². The monoisotopic (exact) mass is 507 g/mol. The first kappa shape index (κ1) is 28.5. The van der Waals surface area contributed by atoms with Gasteiger partial charge in [-0.25, -0.2) is 13.2 Å². The van der Waals surface area contributed by atoms with Crippen LogP contribution in [0.25, 0.3) is 11.3 Å². The quantitative estimate of drug-likeness (QED) is 0.459. The zero-order valence-electron chi connectivity index (χ0n) is 20.7. The van der Waals surface area contributed by atoms with Crippen molar-refractivity contribution in [3.63, 3.8) is 0 Å². The summed E-state index contributed by atoms with van der Waals surface area (Å²) in [6.07, 6.45) is 0. The lowest BCUT2D eigenvalue weighted by atomic mass is 10.1. The zero-order chi connectivity index (χ0) is 27.0. The fourth-order valence-electron chi connectivity index (χ4n) is 3.04. The molecule has 0 saturated carbocycles. The normalized spacial score (nSPS) is 16.9. The highest BCUT2D eigenvalue weighted by molar-refractivity contribution is 5.97. The molecular formula is C26H29F4N3O3. The standard InChI is InChI=1S/C16H14F3N3O3.C6H5F.C4H10/c1-7-6-22(8(2)15(23)20-7)16(24)13-12(19)14(25-21-13)9-3-4-10(17)11(18)5-9;7-6-4-2-1-3-5-6;1-4(2)3/h3-5,7-8H,6H2,1-2H3,(H,20,23);1-5H;4H,1-3H3. The lowest BCUT2D eigenvalue weighted by Crippen LogP contribution is -2.59. The van der Waals surface area contributed by atoms with Crippen molar-refractivity contribution >= 4 is 11.8 Å². The third kappa shape index (κ3) is 7.66. The maximum Gasteiger partial charge on any atom is 0.279 e. The average molecular weight is 508 g/mol. The van der Waals surface area contributed by atoms with Crippen molar-refractivity contribution < 1.29 is 31.7 Å². The molecule has 6 nitrogen and oxygen atoms in total. The van der Waals surface area contributed by atoms with E-state index in [2.05, 4.69) is 31.2 Å². The molecule has 2 heterocycles. The summed E-state index contributed by atoms with van der Waals surface area (Å²) in [5.41, 5.74) is -0.714. The fourth-order valence-corrected chi connectivity index (χ4v) is 3.04. The Bertz CT molecular complexity index is 1170. The smallest absolute Gasteiger partial charge is 0.279 e. The van der Waals surface area contributed by atoms with Gasteiger partial charge in [-0.1, -0.05) is 44.1 Å².